The summed E-state index contributed by atoms with van der Waals surface area (Å²) < 4.78 is 4.69. The molecule has 0 aromatic carbocycles. The predicted molar refractivity (Wildman–Crippen MR) is 46.2 cm³/mol. The van der Waals surface area contributed by atoms with E-state index in [1.54, 1.807) is 6.92 Å². The van der Waals surface area contributed by atoms with Crippen molar-refractivity contribution >= 4 is 29.2 Å². The smallest absolute Gasteiger partial charge is 0.324 e. The first-order chi connectivity index (χ1) is 5.22. The van der Waals surface area contributed by atoms with E-state index in [4.69, 9.17) is 23.2 Å². The molecule has 2 nitrogen and oxygen atoms in total. The molecule has 0 amide bonds. The Labute approximate surface area is 76.8 Å². The van der Waals surface area contributed by atoms with E-state index < -0.39 is 5.38 Å². The third-order valence-electron chi connectivity index (χ3n) is 1.13. The lowest BCUT2D eigenvalue weighted by Crippen LogP contribution is -2.17. The fourth-order valence-electron chi connectivity index (χ4n) is 0.607. The summed E-state index contributed by atoms with van der Waals surface area (Å²) in [6.07, 6.45) is 1.33. The number of rotatable bonds is 5. The Kier molecular flexibility index (Phi) is 6.77. The van der Waals surface area contributed by atoms with E-state index in [1.165, 1.54) is 0 Å². The van der Waals surface area contributed by atoms with Crippen molar-refractivity contribution in [1.29, 1.82) is 0 Å². The van der Waals surface area contributed by atoms with Crippen molar-refractivity contribution in [2.75, 3.05) is 12.5 Å². The molecule has 11 heavy (non-hydrogen) atoms. The molecule has 0 rings (SSSR count). The fourth-order valence-corrected chi connectivity index (χ4v) is 0.978. The van der Waals surface area contributed by atoms with Gasteiger partial charge in [0.25, 0.3) is 0 Å². The molecule has 0 saturated heterocycles. The third kappa shape index (κ3) is 5.33. The molecule has 0 radical (unpaired) electrons. The molecule has 0 bridgehead atoms. The minimum absolute atomic E-state index is 0.348. The van der Waals surface area contributed by atoms with Crippen molar-refractivity contribution in [3.05, 3.63) is 0 Å². The zero-order valence-electron chi connectivity index (χ0n) is 6.48. The van der Waals surface area contributed by atoms with E-state index in [2.05, 4.69) is 4.74 Å². The van der Waals surface area contributed by atoms with Gasteiger partial charge in [0.05, 0.1) is 6.61 Å². The van der Waals surface area contributed by atoms with Gasteiger partial charge in [-0.1, -0.05) is 0 Å². The SMILES string of the molecule is CCOC(=O)C(Cl)CCCCl. The third-order valence-corrected chi connectivity index (χ3v) is 1.80. The number of esters is 1. The highest BCUT2D eigenvalue weighted by atomic mass is 35.5. The quantitative estimate of drug-likeness (QED) is 0.501. The monoisotopic (exact) mass is 198 g/mol. The molecule has 0 aromatic heterocycles. The Morgan fingerprint density at radius 1 is 1.64 bits per heavy atom. The molecule has 0 spiro atoms. The van der Waals surface area contributed by atoms with Crippen LogP contribution < -0.4 is 0 Å². The summed E-state index contributed by atoms with van der Waals surface area (Å²) in [5.74, 6) is 0.182. The summed E-state index contributed by atoms with van der Waals surface area (Å²) in [5, 5.41) is -0.534. The van der Waals surface area contributed by atoms with E-state index >= 15 is 0 Å². The number of ether oxygens (including phenoxy) is 1. The van der Waals surface area contributed by atoms with Crippen LogP contribution in [0.5, 0.6) is 0 Å². The van der Waals surface area contributed by atoms with Gasteiger partial charge < -0.3 is 4.74 Å². The Bertz CT molecular complexity index is 117. The zero-order chi connectivity index (χ0) is 8.69. The molecule has 0 N–H and O–H groups in total. The van der Waals surface area contributed by atoms with Gasteiger partial charge in [0.1, 0.15) is 5.38 Å². The first-order valence-electron chi connectivity index (χ1n) is 3.59. The maximum absolute atomic E-state index is 10.9. The lowest BCUT2D eigenvalue weighted by atomic mass is 10.2. The van der Waals surface area contributed by atoms with Gasteiger partial charge in [-0.3, -0.25) is 4.79 Å². The summed E-state index contributed by atoms with van der Waals surface area (Å²) in [6.45, 7) is 2.13. The Hall–Kier alpha value is 0.0500. The van der Waals surface area contributed by atoms with Gasteiger partial charge in [-0.25, -0.2) is 0 Å². The lowest BCUT2D eigenvalue weighted by molar-refractivity contribution is -0.142. The summed E-state index contributed by atoms with van der Waals surface area (Å²) in [7, 11) is 0. The normalized spacial score (nSPS) is 12.6. The molecule has 0 aliphatic rings. The van der Waals surface area contributed by atoms with E-state index in [0.717, 1.165) is 6.42 Å². The van der Waals surface area contributed by atoms with Gasteiger partial charge in [0.15, 0.2) is 0 Å². The second kappa shape index (κ2) is 6.74. The van der Waals surface area contributed by atoms with Gasteiger partial charge >= 0.3 is 5.97 Å². The minimum Gasteiger partial charge on any atom is -0.465 e. The van der Waals surface area contributed by atoms with E-state index in [0.29, 0.717) is 18.9 Å². The molecule has 1 atom stereocenters. The van der Waals surface area contributed by atoms with Gasteiger partial charge in [0, 0.05) is 5.88 Å². The van der Waals surface area contributed by atoms with Crippen LogP contribution in [0.2, 0.25) is 0 Å². The molecule has 0 heterocycles. The average Bonchev–Trinajstić information content (AvgIpc) is 2.00. The minimum atomic E-state index is -0.534. The molecule has 0 saturated carbocycles. The molecule has 0 aliphatic carbocycles. The number of halogens is 2. The van der Waals surface area contributed by atoms with Gasteiger partial charge in [-0.15, -0.1) is 23.2 Å². The summed E-state index contributed by atoms with van der Waals surface area (Å²) >= 11 is 11.1. The van der Waals surface area contributed by atoms with Crippen LogP contribution in [-0.4, -0.2) is 23.8 Å². The van der Waals surface area contributed by atoms with E-state index in [9.17, 15) is 4.79 Å². The van der Waals surface area contributed by atoms with Crippen LogP contribution in [0.25, 0.3) is 0 Å². The summed E-state index contributed by atoms with van der Waals surface area (Å²) in [4.78, 5) is 10.9. The molecular weight excluding hydrogens is 187 g/mol. The standard InChI is InChI=1S/C7H12Cl2O2/c1-2-11-7(10)6(9)4-3-5-8/h6H,2-5H2,1H3. The van der Waals surface area contributed by atoms with E-state index in [-0.39, 0.29) is 5.97 Å². The predicted octanol–water partition coefficient (Wildman–Crippen LogP) is 2.18. The van der Waals surface area contributed by atoms with Crippen LogP contribution >= 0.6 is 23.2 Å². The molecule has 1 unspecified atom stereocenters. The largest absolute Gasteiger partial charge is 0.465 e. The van der Waals surface area contributed by atoms with Crippen molar-refractivity contribution in [2.24, 2.45) is 0 Å². The maximum atomic E-state index is 10.9. The van der Waals surface area contributed by atoms with Crippen molar-refractivity contribution < 1.29 is 9.53 Å². The zero-order valence-corrected chi connectivity index (χ0v) is 7.99. The number of carbonyl (C=O) groups is 1. The van der Waals surface area contributed by atoms with Crippen molar-refractivity contribution in [3.63, 3.8) is 0 Å². The van der Waals surface area contributed by atoms with Crippen LogP contribution in [0.4, 0.5) is 0 Å². The van der Waals surface area contributed by atoms with Gasteiger partial charge in [-0.2, -0.15) is 0 Å². The van der Waals surface area contributed by atoms with Crippen LogP contribution in [-0.2, 0) is 9.53 Å². The van der Waals surface area contributed by atoms with Crippen molar-refractivity contribution in [1.82, 2.24) is 0 Å². The number of alkyl halides is 2. The van der Waals surface area contributed by atoms with Crippen molar-refractivity contribution in [3.8, 4) is 0 Å². The molecule has 4 heteroatoms. The second-order valence-electron chi connectivity index (χ2n) is 2.05. The molecule has 0 aliphatic heterocycles. The number of carbonyl (C=O) groups excluding carboxylic acids is 1. The topological polar surface area (TPSA) is 26.3 Å². The molecular formula is C7H12Cl2O2. The van der Waals surface area contributed by atoms with Crippen LogP contribution in [0, 0.1) is 0 Å². The highest BCUT2D eigenvalue weighted by Crippen LogP contribution is 2.07. The van der Waals surface area contributed by atoms with Crippen LogP contribution in [0.1, 0.15) is 19.8 Å². The Morgan fingerprint density at radius 2 is 2.27 bits per heavy atom. The summed E-state index contributed by atoms with van der Waals surface area (Å²) in [5.41, 5.74) is 0. The average molecular weight is 199 g/mol. The van der Waals surface area contributed by atoms with Gasteiger partial charge in [0.2, 0.25) is 0 Å². The van der Waals surface area contributed by atoms with E-state index in [1.807, 2.05) is 0 Å². The van der Waals surface area contributed by atoms with Gasteiger partial charge in [-0.05, 0) is 19.8 Å². The molecule has 0 aromatic rings. The Morgan fingerprint density at radius 3 is 2.73 bits per heavy atom. The number of hydrogen-bond donors (Lipinski definition) is 0. The van der Waals surface area contributed by atoms with Crippen molar-refractivity contribution in [2.45, 2.75) is 25.1 Å². The molecule has 0 fully saturated rings. The lowest BCUT2D eigenvalue weighted by Gasteiger charge is -2.06. The van der Waals surface area contributed by atoms with Crippen LogP contribution in [0.15, 0.2) is 0 Å². The number of hydrogen-bond acceptors (Lipinski definition) is 2. The fraction of sp³-hybridized carbons (Fsp3) is 0.857. The first kappa shape index (κ1) is 11.1. The first-order valence-corrected chi connectivity index (χ1v) is 4.56. The maximum Gasteiger partial charge on any atom is 0.324 e. The Balaban J connectivity index is 3.46. The highest BCUT2D eigenvalue weighted by molar-refractivity contribution is 6.29. The van der Waals surface area contributed by atoms with Crippen LogP contribution in [0.3, 0.4) is 0 Å². The second-order valence-corrected chi connectivity index (χ2v) is 2.96. The molecule has 66 valence electrons. The summed E-state index contributed by atoms with van der Waals surface area (Å²) in [6, 6.07) is 0. The highest BCUT2D eigenvalue weighted by Gasteiger charge is 2.14.